The summed E-state index contributed by atoms with van der Waals surface area (Å²) in [6.45, 7) is 6.88. The number of unbranched alkanes of at least 4 members (excludes halogenated alkanes) is 1. The summed E-state index contributed by atoms with van der Waals surface area (Å²) in [4.78, 5) is 35.1. The number of carbonyl (C=O) groups is 1. The van der Waals surface area contributed by atoms with Crippen LogP contribution in [0.15, 0.2) is 95.8 Å². The summed E-state index contributed by atoms with van der Waals surface area (Å²) in [5.74, 6) is 0.548. The van der Waals surface area contributed by atoms with Crippen molar-refractivity contribution in [1.29, 1.82) is 0 Å². The molecule has 0 aliphatic carbocycles. The molecule has 0 saturated heterocycles. The first-order chi connectivity index (χ1) is 19.0. The number of benzene rings is 4. The highest BCUT2D eigenvalue weighted by Gasteiger charge is 2.29. The van der Waals surface area contributed by atoms with Crippen LogP contribution in [-0.4, -0.2) is 26.9 Å². The molecule has 5 aromatic rings. The largest absolute Gasteiger partial charge is 0.328 e. The maximum Gasteiger partial charge on any atom is 0.266 e. The molecule has 1 aromatic heterocycles. The fourth-order valence-electron chi connectivity index (χ4n) is 5.26. The van der Waals surface area contributed by atoms with Gasteiger partial charge in [0.1, 0.15) is 5.82 Å². The SMILES string of the molecule is CCCCN(C(=O)c1ccc2ccccc2c1)C(CC)c1nc2ccccc2c(=O)n1-c1ccc(CC)cc1. The standard InChI is InChI=1S/C34H35N3O2/c1-4-7-22-36(33(38)27-19-18-25-12-8-9-13-26(25)23-27)31(6-3)32-35-30-15-11-10-14-29(30)34(39)37(32)28-20-16-24(5-2)17-21-28/h8-21,23,31H,4-7,22H2,1-3H3. The number of rotatable bonds is 9. The summed E-state index contributed by atoms with van der Waals surface area (Å²) in [7, 11) is 0. The number of hydrogen-bond acceptors (Lipinski definition) is 3. The van der Waals surface area contributed by atoms with Crippen molar-refractivity contribution in [2.75, 3.05) is 6.54 Å². The van der Waals surface area contributed by atoms with Gasteiger partial charge in [-0.1, -0.05) is 81.8 Å². The fourth-order valence-corrected chi connectivity index (χ4v) is 5.26. The Balaban J connectivity index is 1.68. The zero-order valence-electron chi connectivity index (χ0n) is 22.9. The molecule has 1 amide bonds. The minimum absolute atomic E-state index is 0.0451. The second kappa shape index (κ2) is 11.6. The Morgan fingerprint density at radius 1 is 0.872 bits per heavy atom. The van der Waals surface area contributed by atoms with Gasteiger partial charge < -0.3 is 4.90 Å². The van der Waals surface area contributed by atoms with Gasteiger partial charge in [-0.05, 0) is 72.0 Å². The molecule has 0 aliphatic heterocycles. The second-order valence-corrected chi connectivity index (χ2v) is 9.99. The van der Waals surface area contributed by atoms with Gasteiger partial charge in [-0.15, -0.1) is 0 Å². The van der Waals surface area contributed by atoms with Crippen molar-refractivity contribution in [2.45, 2.75) is 52.5 Å². The number of hydrogen-bond donors (Lipinski definition) is 0. The normalized spacial score (nSPS) is 12.1. The number of para-hydroxylation sites is 1. The van der Waals surface area contributed by atoms with Crippen molar-refractivity contribution in [2.24, 2.45) is 0 Å². The Morgan fingerprint density at radius 3 is 2.31 bits per heavy atom. The minimum Gasteiger partial charge on any atom is -0.328 e. The molecule has 39 heavy (non-hydrogen) atoms. The van der Waals surface area contributed by atoms with Crippen LogP contribution in [0.4, 0.5) is 0 Å². The van der Waals surface area contributed by atoms with Crippen LogP contribution in [0.2, 0.25) is 0 Å². The lowest BCUT2D eigenvalue weighted by atomic mass is 10.0. The van der Waals surface area contributed by atoms with Crippen molar-refractivity contribution in [3.05, 3.63) is 118 Å². The van der Waals surface area contributed by atoms with Crippen LogP contribution in [0.1, 0.15) is 67.8 Å². The third-order valence-corrected chi connectivity index (χ3v) is 7.48. The molecule has 0 bridgehead atoms. The van der Waals surface area contributed by atoms with Crippen LogP contribution >= 0.6 is 0 Å². The molecular weight excluding hydrogens is 482 g/mol. The number of nitrogens with zero attached hydrogens (tertiary/aromatic N) is 3. The van der Waals surface area contributed by atoms with Crippen LogP contribution < -0.4 is 5.56 Å². The number of fused-ring (bicyclic) bond motifs is 2. The molecule has 0 fully saturated rings. The smallest absolute Gasteiger partial charge is 0.266 e. The molecule has 1 heterocycles. The van der Waals surface area contributed by atoms with Gasteiger partial charge in [0.2, 0.25) is 0 Å². The zero-order valence-corrected chi connectivity index (χ0v) is 22.9. The second-order valence-electron chi connectivity index (χ2n) is 9.99. The summed E-state index contributed by atoms with van der Waals surface area (Å²) >= 11 is 0. The Morgan fingerprint density at radius 2 is 1.59 bits per heavy atom. The van der Waals surface area contributed by atoms with Crippen LogP contribution in [0.3, 0.4) is 0 Å². The first-order valence-electron chi connectivity index (χ1n) is 14.0. The first kappa shape index (κ1) is 26.4. The van der Waals surface area contributed by atoms with Crippen molar-refractivity contribution in [3.8, 4) is 5.69 Å². The molecule has 5 rings (SSSR count). The van der Waals surface area contributed by atoms with Crippen LogP contribution in [0.25, 0.3) is 27.4 Å². The van der Waals surface area contributed by atoms with E-state index in [2.05, 4.69) is 39.0 Å². The van der Waals surface area contributed by atoms with E-state index in [0.717, 1.165) is 35.7 Å². The highest BCUT2D eigenvalue weighted by atomic mass is 16.2. The molecule has 0 N–H and O–H groups in total. The van der Waals surface area contributed by atoms with E-state index in [4.69, 9.17) is 4.98 Å². The van der Waals surface area contributed by atoms with Gasteiger partial charge in [0, 0.05) is 12.1 Å². The van der Waals surface area contributed by atoms with E-state index in [1.807, 2.05) is 77.7 Å². The molecule has 5 heteroatoms. The van der Waals surface area contributed by atoms with E-state index < -0.39 is 0 Å². The van der Waals surface area contributed by atoms with Gasteiger partial charge in [0.15, 0.2) is 0 Å². The molecule has 5 nitrogen and oxygen atoms in total. The van der Waals surface area contributed by atoms with Gasteiger partial charge >= 0.3 is 0 Å². The van der Waals surface area contributed by atoms with Crippen LogP contribution in [0.5, 0.6) is 0 Å². The van der Waals surface area contributed by atoms with Gasteiger partial charge in [-0.2, -0.15) is 0 Å². The summed E-state index contributed by atoms with van der Waals surface area (Å²) in [6, 6.07) is 29.1. The average Bonchev–Trinajstić information content (AvgIpc) is 2.99. The van der Waals surface area contributed by atoms with Gasteiger partial charge in [0.05, 0.1) is 22.6 Å². The summed E-state index contributed by atoms with van der Waals surface area (Å²) in [5.41, 5.74) is 3.13. The van der Waals surface area contributed by atoms with Crippen molar-refractivity contribution in [3.63, 3.8) is 0 Å². The molecule has 0 radical (unpaired) electrons. The molecule has 0 aliphatic rings. The fraction of sp³-hybridized carbons (Fsp3) is 0.265. The quantitative estimate of drug-likeness (QED) is 0.203. The molecular formula is C34H35N3O2. The Labute approximate surface area is 229 Å². The summed E-state index contributed by atoms with van der Waals surface area (Å²) in [6.07, 6.45) is 3.36. The highest BCUT2D eigenvalue weighted by Crippen LogP contribution is 2.29. The number of aryl methyl sites for hydroxylation is 1. The highest BCUT2D eigenvalue weighted by molar-refractivity contribution is 5.98. The Bertz CT molecular complexity index is 1670. The Hall–Kier alpha value is -4.25. The van der Waals surface area contributed by atoms with Crippen LogP contribution in [-0.2, 0) is 6.42 Å². The predicted molar refractivity (Wildman–Crippen MR) is 160 cm³/mol. The first-order valence-corrected chi connectivity index (χ1v) is 14.0. The molecule has 198 valence electrons. The molecule has 0 spiro atoms. The van der Waals surface area contributed by atoms with Gasteiger partial charge in [-0.25, -0.2) is 4.98 Å². The summed E-state index contributed by atoms with van der Waals surface area (Å²) in [5, 5.41) is 2.70. The number of amides is 1. The summed E-state index contributed by atoms with van der Waals surface area (Å²) < 4.78 is 1.71. The molecule has 1 unspecified atom stereocenters. The monoisotopic (exact) mass is 517 g/mol. The lowest BCUT2D eigenvalue weighted by molar-refractivity contribution is 0.0656. The lowest BCUT2D eigenvalue weighted by Crippen LogP contribution is -2.39. The maximum absolute atomic E-state index is 14.2. The predicted octanol–water partition coefficient (Wildman–Crippen LogP) is 7.49. The maximum atomic E-state index is 14.2. The van der Waals surface area contributed by atoms with Crippen molar-refractivity contribution in [1.82, 2.24) is 14.5 Å². The van der Waals surface area contributed by atoms with E-state index in [1.54, 1.807) is 4.57 Å². The van der Waals surface area contributed by atoms with Crippen LogP contribution in [0, 0.1) is 0 Å². The van der Waals surface area contributed by atoms with Gasteiger partial charge in [0.25, 0.3) is 11.5 Å². The zero-order chi connectivity index (χ0) is 27.4. The molecule has 0 saturated carbocycles. The third-order valence-electron chi connectivity index (χ3n) is 7.48. The van der Waals surface area contributed by atoms with E-state index in [1.165, 1.54) is 5.56 Å². The number of carbonyl (C=O) groups excluding carboxylic acids is 1. The number of aromatic nitrogens is 2. The lowest BCUT2D eigenvalue weighted by Gasteiger charge is -2.32. The average molecular weight is 518 g/mol. The minimum atomic E-state index is -0.376. The van der Waals surface area contributed by atoms with Gasteiger partial charge in [-0.3, -0.25) is 14.2 Å². The van der Waals surface area contributed by atoms with E-state index in [9.17, 15) is 9.59 Å². The van der Waals surface area contributed by atoms with Crippen molar-refractivity contribution < 1.29 is 4.79 Å². The van der Waals surface area contributed by atoms with E-state index >= 15 is 0 Å². The third kappa shape index (κ3) is 5.22. The molecule has 4 aromatic carbocycles. The topological polar surface area (TPSA) is 55.2 Å². The molecule has 1 atom stereocenters. The van der Waals surface area contributed by atoms with Crippen molar-refractivity contribution >= 4 is 27.6 Å². The van der Waals surface area contributed by atoms with E-state index in [-0.39, 0.29) is 17.5 Å². The Kier molecular flexibility index (Phi) is 7.87. The van der Waals surface area contributed by atoms with E-state index in [0.29, 0.717) is 35.3 Å².